The summed E-state index contributed by atoms with van der Waals surface area (Å²) in [7, 11) is 0. The van der Waals surface area contributed by atoms with Crippen LogP contribution in [0.4, 0.5) is 0 Å². The average Bonchev–Trinajstić information content (AvgIpc) is 2.45. The molecule has 1 aliphatic rings. The minimum absolute atomic E-state index is 0.0262. The summed E-state index contributed by atoms with van der Waals surface area (Å²) in [5.41, 5.74) is 8.00. The molecule has 1 fully saturated rings. The van der Waals surface area contributed by atoms with Crippen molar-refractivity contribution in [2.45, 2.75) is 57.9 Å². The SMILES string of the molecule is CC(C)(C)c1ccccc1C(=O)NCC1CCCCC1N. The van der Waals surface area contributed by atoms with Gasteiger partial charge in [0.15, 0.2) is 0 Å². The Hall–Kier alpha value is -1.35. The molecule has 0 aliphatic heterocycles. The molecule has 0 radical (unpaired) electrons. The van der Waals surface area contributed by atoms with Gasteiger partial charge in [0.1, 0.15) is 0 Å². The molecule has 3 N–H and O–H groups in total. The van der Waals surface area contributed by atoms with Gasteiger partial charge in [-0.25, -0.2) is 0 Å². The van der Waals surface area contributed by atoms with Gasteiger partial charge in [0.25, 0.3) is 5.91 Å². The van der Waals surface area contributed by atoms with Crippen molar-refractivity contribution in [3.63, 3.8) is 0 Å². The van der Waals surface area contributed by atoms with Crippen LogP contribution in [0.5, 0.6) is 0 Å². The molecule has 3 nitrogen and oxygen atoms in total. The topological polar surface area (TPSA) is 55.1 Å². The summed E-state index contributed by atoms with van der Waals surface area (Å²) in [4.78, 5) is 12.5. The van der Waals surface area contributed by atoms with E-state index in [1.54, 1.807) is 0 Å². The number of carbonyl (C=O) groups is 1. The van der Waals surface area contributed by atoms with E-state index in [1.165, 1.54) is 12.8 Å². The van der Waals surface area contributed by atoms with E-state index in [2.05, 4.69) is 26.1 Å². The standard InChI is InChI=1S/C18H28N2O/c1-18(2,3)15-10-6-5-9-14(15)17(21)20-12-13-8-4-7-11-16(13)19/h5-6,9-10,13,16H,4,7-8,11-12,19H2,1-3H3,(H,20,21). The van der Waals surface area contributed by atoms with Crippen LogP contribution in [0, 0.1) is 5.92 Å². The van der Waals surface area contributed by atoms with E-state index >= 15 is 0 Å². The van der Waals surface area contributed by atoms with Crippen molar-refractivity contribution < 1.29 is 4.79 Å². The Balaban J connectivity index is 2.04. The predicted octanol–water partition coefficient (Wildman–Crippen LogP) is 3.23. The van der Waals surface area contributed by atoms with Gasteiger partial charge in [0.05, 0.1) is 0 Å². The fourth-order valence-corrected chi connectivity index (χ4v) is 3.14. The van der Waals surface area contributed by atoms with Crippen LogP contribution in [0.3, 0.4) is 0 Å². The van der Waals surface area contributed by atoms with Gasteiger partial charge in [-0.05, 0) is 35.8 Å². The molecule has 3 heteroatoms. The predicted molar refractivity (Wildman–Crippen MR) is 87.4 cm³/mol. The maximum Gasteiger partial charge on any atom is 0.251 e. The first-order valence-electron chi connectivity index (χ1n) is 8.03. The third-order valence-corrected chi connectivity index (χ3v) is 4.47. The number of benzene rings is 1. The molecule has 1 aliphatic carbocycles. The second-order valence-corrected chi connectivity index (χ2v) is 7.21. The first-order valence-corrected chi connectivity index (χ1v) is 8.03. The zero-order valence-electron chi connectivity index (χ0n) is 13.5. The van der Waals surface area contributed by atoms with Crippen LogP contribution in [-0.2, 0) is 5.41 Å². The number of nitrogens with one attached hydrogen (secondary N) is 1. The summed E-state index contributed by atoms with van der Waals surface area (Å²) in [6, 6.07) is 8.11. The highest BCUT2D eigenvalue weighted by Crippen LogP contribution is 2.26. The van der Waals surface area contributed by atoms with Gasteiger partial charge in [-0.3, -0.25) is 4.79 Å². The molecule has 1 aromatic carbocycles. The van der Waals surface area contributed by atoms with Crippen LogP contribution in [0.15, 0.2) is 24.3 Å². The Morgan fingerprint density at radius 2 is 1.90 bits per heavy atom. The van der Waals surface area contributed by atoms with Crippen molar-refractivity contribution in [3.05, 3.63) is 35.4 Å². The smallest absolute Gasteiger partial charge is 0.251 e. The highest BCUT2D eigenvalue weighted by atomic mass is 16.1. The summed E-state index contributed by atoms with van der Waals surface area (Å²) >= 11 is 0. The molecule has 0 heterocycles. The van der Waals surface area contributed by atoms with Gasteiger partial charge in [-0.15, -0.1) is 0 Å². The number of hydrogen-bond acceptors (Lipinski definition) is 2. The zero-order chi connectivity index (χ0) is 15.5. The van der Waals surface area contributed by atoms with E-state index in [0.29, 0.717) is 12.5 Å². The molecule has 1 saturated carbocycles. The number of hydrogen-bond donors (Lipinski definition) is 2. The molecular weight excluding hydrogens is 260 g/mol. The Morgan fingerprint density at radius 1 is 1.24 bits per heavy atom. The molecule has 1 amide bonds. The number of carbonyl (C=O) groups excluding carboxylic acids is 1. The zero-order valence-corrected chi connectivity index (χ0v) is 13.5. The lowest BCUT2D eigenvalue weighted by molar-refractivity contribution is 0.0939. The number of amides is 1. The van der Waals surface area contributed by atoms with Crippen LogP contribution in [-0.4, -0.2) is 18.5 Å². The fourth-order valence-electron chi connectivity index (χ4n) is 3.14. The molecule has 2 atom stereocenters. The summed E-state index contributed by atoms with van der Waals surface area (Å²) in [5.74, 6) is 0.447. The lowest BCUT2D eigenvalue weighted by Crippen LogP contribution is -2.41. The van der Waals surface area contributed by atoms with Crippen LogP contribution in [0.1, 0.15) is 62.4 Å². The lowest BCUT2D eigenvalue weighted by Gasteiger charge is -2.29. The maximum absolute atomic E-state index is 12.5. The first-order chi connectivity index (χ1) is 9.89. The molecule has 2 rings (SSSR count). The van der Waals surface area contributed by atoms with Crippen LogP contribution >= 0.6 is 0 Å². The van der Waals surface area contributed by atoms with Crippen LogP contribution in [0.25, 0.3) is 0 Å². The summed E-state index contributed by atoms with van der Waals surface area (Å²) in [6.07, 6.45) is 4.66. The van der Waals surface area contributed by atoms with Gasteiger partial charge in [0, 0.05) is 18.2 Å². The molecular formula is C18H28N2O. The molecule has 0 saturated heterocycles. The van der Waals surface area contributed by atoms with Gasteiger partial charge >= 0.3 is 0 Å². The second-order valence-electron chi connectivity index (χ2n) is 7.21. The van der Waals surface area contributed by atoms with E-state index in [4.69, 9.17) is 5.73 Å². The van der Waals surface area contributed by atoms with E-state index in [0.717, 1.165) is 24.0 Å². The Bertz CT molecular complexity index is 490. The monoisotopic (exact) mass is 288 g/mol. The minimum atomic E-state index is -0.0326. The molecule has 21 heavy (non-hydrogen) atoms. The van der Waals surface area contributed by atoms with E-state index in [9.17, 15) is 4.79 Å². The molecule has 116 valence electrons. The molecule has 0 bridgehead atoms. The average molecular weight is 288 g/mol. The van der Waals surface area contributed by atoms with Crippen molar-refractivity contribution in [1.82, 2.24) is 5.32 Å². The normalized spacial score (nSPS) is 22.9. The van der Waals surface area contributed by atoms with E-state index in [1.807, 2.05) is 24.3 Å². The van der Waals surface area contributed by atoms with E-state index < -0.39 is 0 Å². The fraction of sp³-hybridized carbons (Fsp3) is 0.611. The largest absolute Gasteiger partial charge is 0.352 e. The van der Waals surface area contributed by atoms with E-state index in [-0.39, 0.29) is 17.4 Å². The van der Waals surface area contributed by atoms with Crippen molar-refractivity contribution in [2.24, 2.45) is 11.7 Å². The quantitative estimate of drug-likeness (QED) is 0.897. The molecule has 2 unspecified atom stereocenters. The van der Waals surface area contributed by atoms with Gasteiger partial charge in [-0.2, -0.15) is 0 Å². The highest BCUT2D eigenvalue weighted by molar-refractivity contribution is 5.96. The van der Waals surface area contributed by atoms with Gasteiger partial charge in [0.2, 0.25) is 0 Å². The molecule has 0 aromatic heterocycles. The maximum atomic E-state index is 12.5. The van der Waals surface area contributed by atoms with Crippen molar-refractivity contribution >= 4 is 5.91 Å². The van der Waals surface area contributed by atoms with Crippen molar-refractivity contribution in [1.29, 1.82) is 0 Å². The summed E-state index contributed by atoms with van der Waals surface area (Å²) < 4.78 is 0. The Morgan fingerprint density at radius 3 is 2.57 bits per heavy atom. The van der Waals surface area contributed by atoms with Crippen LogP contribution in [0.2, 0.25) is 0 Å². The molecule has 0 spiro atoms. The number of rotatable bonds is 3. The minimum Gasteiger partial charge on any atom is -0.352 e. The van der Waals surface area contributed by atoms with Gasteiger partial charge in [-0.1, -0.05) is 51.8 Å². The van der Waals surface area contributed by atoms with Gasteiger partial charge < -0.3 is 11.1 Å². The number of nitrogens with two attached hydrogens (primary N) is 1. The van der Waals surface area contributed by atoms with Crippen LogP contribution < -0.4 is 11.1 Å². The third-order valence-electron chi connectivity index (χ3n) is 4.47. The molecule has 1 aromatic rings. The first kappa shape index (κ1) is 16.0. The Kier molecular flexibility index (Phi) is 5.04. The Labute approximate surface area is 128 Å². The van der Waals surface area contributed by atoms with Crippen molar-refractivity contribution in [3.8, 4) is 0 Å². The highest BCUT2D eigenvalue weighted by Gasteiger charge is 2.24. The summed E-state index contributed by atoms with van der Waals surface area (Å²) in [5, 5.41) is 3.09. The van der Waals surface area contributed by atoms with Crippen molar-refractivity contribution in [2.75, 3.05) is 6.54 Å². The summed E-state index contributed by atoms with van der Waals surface area (Å²) in [6.45, 7) is 7.10. The second kappa shape index (κ2) is 6.61. The lowest BCUT2D eigenvalue weighted by atomic mass is 9.83. The third kappa shape index (κ3) is 4.07.